The number of unbranched alkanes of at least 4 members (excludes halogenated alkanes) is 11. The van der Waals surface area contributed by atoms with E-state index in [1.807, 2.05) is 0 Å². The van der Waals surface area contributed by atoms with Crippen LogP contribution in [0.1, 0.15) is 77.0 Å². The average Bonchev–Trinajstić information content (AvgIpc) is 2.34. The molecule has 0 aliphatic rings. The SMILES string of the molecule is C[Si](C)(Cl)CCCCCCCCCCCCCCCl. The Morgan fingerprint density at radius 3 is 1.21 bits per heavy atom. The molecule has 0 aromatic carbocycles. The molecule has 0 spiro atoms. The maximum Gasteiger partial charge on any atom is 0.150 e. The largest absolute Gasteiger partial charge is 0.168 e. The molecular weight excluding hydrogens is 291 g/mol. The first-order valence-electron chi connectivity index (χ1n) is 8.31. The van der Waals surface area contributed by atoms with Crippen LogP contribution in [0.4, 0.5) is 0 Å². The Labute approximate surface area is 132 Å². The van der Waals surface area contributed by atoms with Gasteiger partial charge in [-0.25, -0.2) is 0 Å². The zero-order valence-corrected chi connectivity index (χ0v) is 15.7. The van der Waals surface area contributed by atoms with Crippen LogP contribution in [-0.4, -0.2) is 13.3 Å². The van der Waals surface area contributed by atoms with Crippen LogP contribution < -0.4 is 0 Å². The van der Waals surface area contributed by atoms with Gasteiger partial charge in [-0.2, -0.15) is 11.1 Å². The maximum absolute atomic E-state index is 6.31. The van der Waals surface area contributed by atoms with Gasteiger partial charge in [0.15, 0.2) is 0 Å². The molecule has 0 aliphatic carbocycles. The van der Waals surface area contributed by atoms with E-state index < -0.39 is 7.38 Å². The maximum atomic E-state index is 6.31. The predicted molar refractivity (Wildman–Crippen MR) is 94.3 cm³/mol. The molecule has 0 saturated heterocycles. The van der Waals surface area contributed by atoms with E-state index in [1.165, 1.54) is 83.1 Å². The quantitative estimate of drug-likeness (QED) is 0.135. The van der Waals surface area contributed by atoms with E-state index in [4.69, 9.17) is 22.7 Å². The Bertz CT molecular complexity index is 178. The summed E-state index contributed by atoms with van der Waals surface area (Å²) in [5.41, 5.74) is 0. The van der Waals surface area contributed by atoms with Crippen LogP contribution in [0.15, 0.2) is 0 Å². The molecule has 0 aliphatic heterocycles. The summed E-state index contributed by atoms with van der Waals surface area (Å²) in [6, 6.07) is 1.29. The van der Waals surface area contributed by atoms with Crippen molar-refractivity contribution in [3.05, 3.63) is 0 Å². The van der Waals surface area contributed by atoms with Gasteiger partial charge < -0.3 is 0 Å². The Kier molecular flexibility index (Phi) is 14.3. The molecule has 0 aromatic heterocycles. The molecule has 0 aromatic rings. The first-order chi connectivity index (χ1) is 9.06. The lowest BCUT2D eigenvalue weighted by Crippen LogP contribution is -2.14. The van der Waals surface area contributed by atoms with Gasteiger partial charge in [0.25, 0.3) is 0 Å². The number of rotatable bonds is 14. The highest BCUT2D eigenvalue weighted by Gasteiger charge is 2.15. The Morgan fingerprint density at radius 2 is 0.895 bits per heavy atom. The van der Waals surface area contributed by atoms with Gasteiger partial charge in [-0.1, -0.05) is 83.7 Å². The lowest BCUT2D eigenvalue weighted by Gasteiger charge is -2.11. The topological polar surface area (TPSA) is 0 Å². The molecule has 0 saturated carbocycles. The third kappa shape index (κ3) is 18.8. The van der Waals surface area contributed by atoms with Crippen LogP contribution in [0.25, 0.3) is 0 Å². The van der Waals surface area contributed by atoms with E-state index in [9.17, 15) is 0 Å². The number of hydrogen-bond donors (Lipinski definition) is 0. The third-order valence-electron chi connectivity index (χ3n) is 3.65. The Morgan fingerprint density at radius 1 is 0.579 bits per heavy atom. The molecule has 0 bridgehead atoms. The zero-order valence-electron chi connectivity index (χ0n) is 13.2. The number of hydrogen-bond acceptors (Lipinski definition) is 0. The second-order valence-corrected chi connectivity index (χ2v) is 13.8. The summed E-state index contributed by atoms with van der Waals surface area (Å²) < 4.78 is 0. The van der Waals surface area contributed by atoms with Crippen molar-refractivity contribution in [2.24, 2.45) is 0 Å². The first-order valence-corrected chi connectivity index (χ1v) is 13.1. The average molecular weight is 325 g/mol. The smallest absolute Gasteiger partial charge is 0.150 e. The molecule has 19 heavy (non-hydrogen) atoms. The second-order valence-electron chi connectivity index (χ2n) is 6.40. The minimum Gasteiger partial charge on any atom is -0.168 e. The first kappa shape index (κ1) is 19.8. The molecule has 0 radical (unpaired) electrons. The van der Waals surface area contributed by atoms with Gasteiger partial charge in [0, 0.05) is 5.88 Å². The molecule has 116 valence electrons. The highest BCUT2D eigenvalue weighted by Crippen LogP contribution is 2.19. The van der Waals surface area contributed by atoms with Crippen molar-refractivity contribution in [2.45, 2.75) is 96.2 Å². The van der Waals surface area contributed by atoms with Crippen LogP contribution >= 0.6 is 22.7 Å². The minimum absolute atomic E-state index is 0.837. The molecule has 0 heterocycles. The van der Waals surface area contributed by atoms with Crippen molar-refractivity contribution < 1.29 is 0 Å². The van der Waals surface area contributed by atoms with Crippen LogP contribution in [-0.2, 0) is 0 Å². The van der Waals surface area contributed by atoms with Crippen LogP contribution in [0.5, 0.6) is 0 Å². The van der Waals surface area contributed by atoms with Gasteiger partial charge in [0.1, 0.15) is 7.38 Å². The lowest BCUT2D eigenvalue weighted by molar-refractivity contribution is 0.548. The standard InChI is InChI=1S/C16H34Cl2Si/c1-19(2,18)16-14-12-10-8-6-4-3-5-7-9-11-13-15-17/h3-16H2,1-2H3. The Hall–Kier alpha value is 0.797. The fourth-order valence-electron chi connectivity index (χ4n) is 2.41. The van der Waals surface area contributed by atoms with Crippen LogP contribution in [0, 0.1) is 0 Å². The molecule has 0 rings (SSSR count). The van der Waals surface area contributed by atoms with Gasteiger partial charge >= 0.3 is 0 Å². The van der Waals surface area contributed by atoms with Crippen molar-refractivity contribution in [1.29, 1.82) is 0 Å². The van der Waals surface area contributed by atoms with Gasteiger partial charge in [-0.3, -0.25) is 0 Å². The van der Waals surface area contributed by atoms with Gasteiger partial charge in [0.2, 0.25) is 0 Å². The molecular formula is C16H34Cl2Si. The second kappa shape index (κ2) is 13.8. The normalized spacial score (nSPS) is 12.0. The monoisotopic (exact) mass is 324 g/mol. The highest BCUT2D eigenvalue weighted by atomic mass is 35.6. The van der Waals surface area contributed by atoms with E-state index in [2.05, 4.69) is 13.1 Å². The lowest BCUT2D eigenvalue weighted by atomic mass is 10.1. The van der Waals surface area contributed by atoms with Crippen molar-refractivity contribution in [2.75, 3.05) is 5.88 Å². The van der Waals surface area contributed by atoms with E-state index in [1.54, 1.807) is 0 Å². The van der Waals surface area contributed by atoms with Gasteiger partial charge in [-0.15, -0.1) is 11.6 Å². The fraction of sp³-hybridized carbons (Fsp3) is 1.00. The fourth-order valence-corrected chi connectivity index (χ4v) is 4.09. The molecule has 0 nitrogen and oxygen atoms in total. The molecule has 0 atom stereocenters. The third-order valence-corrected chi connectivity index (χ3v) is 6.03. The van der Waals surface area contributed by atoms with Crippen molar-refractivity contribution in [3.63, 3.8) is 0 Å². The summed E-state index contributed by atoms with van der Waals surface area (Å²) in [5.74, 6) is 0.837. The van der Waals surface area contributed by atoms with Crippen molar-refractivity contribution in [1.82, 2.24) is 0 Å². The highest BCUT2D eigenvalue weighted by molar-refractivity contribution is 7.19. The summed E-state index contributed by atoms with van der Waals surface area (Å²) in [5, 5.41) is 0. The molecule has 3 heteroatoms. The summed E-state index contributed by atoms with van der Waals surface area (Å²) in [4.78, 5) is 0. The van der Waals surface area contributed by atoms with Crippen molar-refractivity contribution in [3.8, 4) is 0 Å². The number of alkyl halides is 1. The van der Waals surface area contributed by atoms with Crippen LogP contribution in [0.2, 0.25) is 19.1 Å². The van der Waals surface area contributed by atoms with Crippen molar-refractivity contribution >= 4 is 30.1 Å². The van der Waals surface area contributed by atoms with Crippen LogP contribution in [0.3, 0.4) is 0 Å². The van der Waals surface area contributed by atoms with E-state index in [-0.39, 0.29) is 0 Å². The molecule has 0 N–H and O–H groups in total. The predicted octanol–water partition coefficient (Wildman–Crippen LogP) is 7.35. The van der Waals surface area contributed by atoms with Gasteiger partial charge in [-0.05, 0) is 12.5 Å². The van der Waals surface area contributed by atoms with Gasteiger partial charge in [0.05, 0.1) is 0 Å². The summed E-state index contributed by atoms with van der Waals surface area (Å²) in [6.07, 6.45) is 16.6. The molecule has 0 unspecified atom stereocenters. The number of halogens is 2. The zero-order chi connectivity index (χ0) is 14.4. The summed E-state index contributed by atoms with van der Waals surface area (Å²) in [7, 11) is -1.29. The Balaban J connectivity index is 2.99. The molecule has 0 fully saturated rings. The minimum atomic E-state index is -1.29. The van der Waals surface area contributed by atoms with E-state index in [0.717, 1.165) is 5.88 Å². The van der Waals surface area contributed by atoms with E-state index in [0.29, 0.717) is 0 Å². The summed E-state index contributed by atoms with van der Waals surface area (Å²) in [6.45, 7) is 4.50. The summed E-state index contributed by atoms with van der Waals surface area (Å²) >= 11 is 12.0. The molecule has 0 amide bonds. The van der Waals surface area contributed by atoms with E-state index >= 15 is 0 Å².